The second kappa shape index (κ2) is 7.03. The SMILES string of the molecule is COc1cc(Cl)cc(CBr)c1OCc1c(Br)c(C)nn1C. The molecule has 1 heterocycles. The molecule has 2 rings (SSSR count). The molecule has 0 spiro atoms. The number of aryl methyl sites for hydroxylation is 2. The van der Waals surface area contributed by atoms with Crippen LogP contribution in [0.1, 0.15) is 17.0 Å². The van der Waals surface area contributed by atoms with Gasteiger partial charge in [-0.05, 0) is 28.9 Å². The van der Waals surface area contributed by atoms with E-state index in [1.807, 2.05) is 20.0 Å². The van der Waals surface area contributed by atoms with Crippen LogP contribution in [0.4, 0.5) is 0 Å². The van der Waals surface area contributed by atoms with Crippen LogP contribution in [0.3, 0.4) is 0 Å². The van der Waals surface area contributed by atoms with Gasteiger partial charge in [-0.15, -0.1) is 0 Å². The van der Waals surface area contributed by atoms with Crippen molar-refractivity contribution in [1.29, 1.82) is 0 Å². The first-order chi connectivity index (χ1) is 9.97. The first-order valence-electron chi connectivity index (χ1n) is 6.21. The van der Waals surface area contributed by atoms with Crippen molar-refractivity contribution in [2.24, 2.45) is 7.05 Å². The van der Waals surface area contributed by atoms with E-state index >= 15 is 0 Å². The number of hydrogen-bond donors (Lipinski definition) is 0. The Bertz CT molecular complexity index is 634. The van der Waals surface area contributed by atoms with Gasteiger partial charge >= 0.3 is 0 Å². The van der Waals surface area contributed by atoms with Gasteiger partial charge in [0, 0.05) is 29.0 Å². The van der Waals surface area contributed by atoms with Gasteiger partial charge in [-0.2, -0.15) is 5.10 Å². The third kappa shape index (κ3) is 3.55. The van der Waals surface area contributed by atoms with E-state index in [1.165, 1.54) is 0 Å². The molecule has 0 aliphatic carbocycles. The van der Waals surface area contributed by atoms with Crippen LogP contribution in [0.2, 0.25) is 5.02 Å². The molecule has 0 N–H and O–H groups in total. The standard InChI is InChI=1S/C14H15Br2ClN2O2/c1-8-13(16)11(19(2)18-8)7-21-14-9(6-15)4-10(17)5-12(14)20-3/h4-5H,6-7H2,1-3H3. The first-order valence-corrected chi connectivity index (χ1v) is 8.50. The summed E-state index contributed by atoms with van der Waals surface area (Å²) in [6.45, 7) is 2.33. The number of methoxy groups -OCH3 is 1. The molecule has 4 nitrogen and oxygen atoms in total. The summed E-state index contributed by atoms with van der Waals surface area (Å²) in [5, 5.41) is 5.60. The third-order valence-corrected chi connectivity index (χ3v) is 4.93. The zero-order chi connectivity index (χ0) is 15.6. The normalized spacial score (nSPS) is 10.8. The molecular formula is C14H15Br2ClN2O2. The molecule has 0 saturated carbocycles. The zero-order valence-corrected chi connectivity index (χ0v) is 15.8. The summed E-state index contributed by atoms with van der Waals surface area (Å²) in [4.78, 5) is 0. The Labute approximate surface area is 145 Å². The van der Waals surface area contributed by atoms with Crippen LogP contribution in [0.5, 0.6) is 11.5 Å². The summed E-state index contributed by atoms with van der Waals surface area (Å²) < 4.78 is 14.1. The summed E-state index contributed by atoms with van der Waals surface area (Å²) in [5.74, 6) is 1.30. The van der Waals surface area contributed by atoms with E-state index < -0.39 is 0 Å². The van der Waals surface area contributed by atoms with Gasteiger partial charge in [0.1, 0.15) is 6.61 Å². The maximum atomic E-state index is 6.07. The Morgan fingerprint density at radius 2 is 2.10 bits per heavy atom. The minimum absolute atomic E-state index is 0.385. The summed E-state index contributed by atoms with van der Waals surface area (Å²) in [6, 6.07) is 3.60. The number of ether oxygens (including phenoxy) is 2. The topological polar surface area (TPSA) is 36.3 Å². The molecule has 0 radical (unpaired) electrons. The van der Waals surface area contributed by atoms with E-state index in [0.29, 0.717) is 28.5 Å². The summed E-state index contributed by atoms with van der Waals surface area (Å²) in [7, 11) is 3.49. The van der Waals surface area contributed by atoms with Crippen molar-refractivity contribution in [2.45, 2.75) is 18.9 Å². The van der Waals surface area contributed by atoms with Gasteiger partial charge in [-0.1, -0.05) is 27.5 Å². The number of halogens is 3. The number of alkyl halides is 1. The number of hydrogen-bond acceptors (Lipinski definition) is 3. The highest BCUT2D eigenvalue weighted by Gasteiger charge is 2.16. The van der Waals surface area contributed by atoms with Gasteiger partial charge < -0.3 is 9.47 Å². The fourth-order valence-electron chi connectivity index (χ4n) is 2.01. The van der Waals surface area contributed by atoms with Crippen LogP contribution in [-0.4, -0.2) is 16.9 Å². The van der Waals surface area contributed by atoms with Crippen molar-refractivity contribution in [3.05, 3.63) is 38.6 Å². The maximum Gasteiger partial charge on any atom is 0.165 e. The lowest BCUT2D eigenvalue weighted by Gasteiger charge is -2.15. The molecule has 1 aromatic carbocycles. The predicted octanol–water partition coefficient (Wildman–Crippen LogP) is 4.63. The molecule has 0 bridgehead atoms. The predicted molar refractivity (Wildman–Crippen MR) is 90.6 cm³/mol. The van der Waals surface area contributed by atoms with Crippen molar-refractivity contribution in [3.63, 3.8) is 0 Å². The number of benzene rings is 1. The quantitative estimate of drug-likeness (QED) is 0.639. The number of aromatic nitrogens is 2. The van der Waals surface area contributed by atoms with Crippen LogP contribution in [0, 0.1) is 6.92 Å². The largest absolute Gasteiger partial charge is 0.493 e. The highest BCUT2D eigenvalue weighted by atomic mass is 79.9. The second-order valence-corrected chi connectivity index (χ2v) is 6.28. The molecule has 7 heteroatoms. The van der Waals surface area contributed by atoms with Gasteiger partial charge in [0.05, 0.1) is 23.0 Å². The lowest BCUT2D eigenvalue weighted by Crippen LogP contribution is -2.05. The number of rotatable bonds is 5. The Morgan fingerprint density at radius 1 is 1.38 bits per heavy atom. The van der Waals surface area contributed by atoms with E-state index in [1.54, 1.807) is 17.9 Å². The zero-order valence-electron chi connectivity index (χ0n) is 11.9. The van der Waals surface area contributed by atoms with Gasteiger partial charge in [0.2, 0.25) is 0 Å². The molecule has 0 fully saturated rings. The Morgan fingerprint density at radius 3 is 2.62 bits per heavy atom. The monoisotopic (exact) mass is 436 g/mol. The van der Waals surface area contributed by atoms with Gasteiger partial charge in [0.25, 0.3) is 0 Å². The average molecular weight is 439 g/mol. The van der Waals surface area contributed by atoms with Crippen LogP contribution in [0.25, 0.3) is 0 Å². The molecule has 0 unspecified atom stereocenters. The van der Waals surface area contributed by atoms with Gasteiger partial charge in [-0.25, -0.2) is 0 Å². The smallest absolute Gasteiger partial charge is 0.165 e. The molecule has 0 amide bonds. The van der Waals surface area contributed by atoms with E-state index in [0.717, 1.165) is 21.4 Å². The summed E-state index contributed by atoms with van der Waals surface area (Å²) >= 11 is 13.0. The molecule has 1 aromatic heterocycles. The minimum atomic E-state index is 0.385. The van der Waals surface area contributed by atoms with Gasteiger partial charge in [-0.3, -0.25) is 4.68 Å². The van der Waals surface area contributed by atoms with E-state index in [-0.39, 0.29) is 0 Å². The van der Waals surface area contributed by atoms with Crippen LogP contribution >= 0.6 is 43.5 Å². The molecule has 114 valence electrons. The maximum absolute atomic E-state index is 6.07. The highest BCUT2D eigenvalue weighted by Crippen LogP contribution is 2.36. The lowest BCUT2D eigenvalue weighted by molar-refractivity contribution is 0.273. The molecule has 0 aliphatic rings. The summed E-state index contributed by atoms with van der Waals surface area (Å²) in [5.41, 5.74) is 2.83. The average Bonchev–Trinajstić information content (AvgIpc) is 2.70. The van der Waals surface area contributed by atoms with E-state index in [4.69, 9.17) is 21.1 Å². The number of nitrogens with zero attached hydrogens (tertiary/aromatic N) is 2. The van der Waals surface area contributed by atoms with Crippen molar-refractivity contribution in [1.82, 2.24) is 9.78 Å². The highest BCUT2D eigenvalue weighted by molar-refractivity contribution is 9.10. The van der Waals surface area contributed by atoms with Crippen molar-refractivity contribution in [3.8, 4) is 11.5 Å². The Balaban J connectivity index is 2.31. The molecule has 0 aliphatic heterocycles. The van der Waals surface area contributed by atoms with Crippen molar-refractivity contribution in [2.75, 3.05) is 7.11 Å². The lowest BCUT2D eigenvalue weighted by atomic mass is 10.2. The van der Waals surface area contributed by atoms with Crippen molar-refractivity contribution < 1.29 is 9.47 Å². The fraction of sp³-hybridized carbons (Fsp3) is 0.357. The van der Waals surface area contributed by atoms with E-state index in [9.17, 15) is 0 Å². The van der Waals surface area contributed by atoms with E-state index in [2.05, 4.69) is 37.0 Å². The summed E-state index contributed by atoms with van der Waals surface area (Å²) in [6.07, 6.45) is 0. The third-order valence-electron chi connectivity index (χ3n) is 3.08. The van der Waals surface area contributed by atoms with Crippen LogP contribution in [-0.2, 0) is 19.0 Å². The van der Waals surface area contributed by atoms with Gasteiger partial charge in [0.15, 0.2) is 11.5 Å². The minimum Gasteiger partial charge on any atom is -0.493 e. The first kappa shape index (κ1) is 16.6. The molecule has 0 saturated heterocycles. The van der Waals surface area contributed by atoms with Crippen LogP contribution in [0.15, 0.2) is 16.6 Å². The van der Waals surface area contributed by atoms with Crippen LogP contribution < -0.4 is 9.47 Å². The second-order valence-electron chi connectivity index (χ2n) is 4.49. The molecule has 2 aromatic rings. The molecule has 0 atom stereocenters. The fourth-order valence-corrected chi connectivity index (χ4v) is 3.11. The molecular weight excluding hydrogens is 423 g/mol. The molecule has 21 heavy (non-hydrogen) atoms. The Kier molecular flexibility index (Phi) is 5.57. The van der Waals surface area contributed by atoms with Crippen molar-refractivity contribution >= 4 is 43.5 Å². The Hall–Kier alpha value is -0.720.